The van der Waals surface area contributed by atoms with Crippen molar-refractivity contribution in [3.05, 3.63) is 0 Å². The standard InChI is InChI=1S/C9H18N4O2/c1-2-3-12-9(14)13-4-5-15-7(6-13)8(10)11/h7H,2-6H2,1H3,(H3,10,11)(H,12,14). The molecule has 0 aliphatic carbocycles. The molecular weight excluding hydrogens is 196 g/mol. The van der Waals surface area contributed by atoms with Gasteiger partial charge in [-0.1, -0.05) is 6.92 Å². The molecule has 1 atom stereocenters. The van der Waals surface area contributed by atoms with Crippen LogP contribution in [0.1, 0.15) is 13.3 Å². The summed E-state index contributed by atoms with van der Waals surface area (Å²) in [6.07, 6.45) is 0.456. The van der Waals surface area contributed by atoms with Crippen molar-refractivity contribution in [1.82, 2.24) is 10.2 Å². The number of hydrogen-bond donors (Lipinski definition) is 3. The monoisotopic (exact) mass is 214 g/mol. The van der Waals surface area contributed by atoms with E-state index in [1.165, 1.54) is 0 Å². The van der Waals surface area contributed by atoms with E-state index in [1.807, 2.05) is 6.92 Å². The van der Waals surface area contributed by atoms with Crippen molar-refractivity contribution in [3.63, 3.8) is 0 Å². The third-order valence-corrected chi connectivity index (χ3v) is 2.23. The summed E-state index contributed by atoms with van der Waals surface area (Å²) in [6, 6.07) is -0.105. The summed E-state index contributed by atoms with van der Waals surface area (Å²) in [5.41, 5.74) is 5.33. The highest BCUT2D eigenvalue weighted by Gasteiger charge is 2.25. The summed E-state index contributed by atoms with van der Waals surface area (Å²) in [6.45, 7) is 4.02. The maximum Gasteiger partial charge on any atom is 0.317 e. The Kier molecular flexibility index (Phi) is 4.36. The van der Waals surface area contributed by atoms with Gasteiger partial charge in [0.25, 0.3) is 0 Å². The normalized spacial score (nSPS) is 21.1. The number of nitrogens with zero attached hydrogens (tertiary/aromatic N) is 1. The third-order valence-electron chi connectivity index (χ3n) is 2.23. The average molecular weight is 214 g/mol. The molecule has 0 bridgehead atoms. The second-order valence-electron chi connectivity index (χ2n) is 3.49. The number of hydrogen-bond acceptors (Lipinski definition) is 3. The van der Waals surface area contributed by atoms with Crippen molar-refractivity contribution >= 4 is 11.9 Å². The van der Waals surface area contributed by atoms with E-state index >= 15 is 0 Å². The summed E-state index contributed by atoms with van der Waals surface area (Å²) < 4.78 is 5.25. The molecule has 4 N–H and O–H groups in total. The van der Waals surface area contributed by atoms with Gasteiger partial charge in [-0.15, -0.1) is 0 Å². The fraction of sp³-hybridized carbons (Fsp3) is 0.778. The highest BCUT2D eigenvalue weighted by atomic mass is 16.5. The topological polar surface area (TPSA) is 91.4 Å². The van der Waals surface area contributed by atoms with Gasteiger partial charge in [0.15, 0.2) is 0 Å². The Morgan fingerprint density at radius 1 is 1.73 bits per heavy atom. The van der Waals surface area contributed by atoms with Crippen LogP contribution in [0.2, 0.25) is 0 Å². The van der Waals surface area contributed by atoms with Crippen LogP contribution in [0, 0.1) is 5.41 Å². The van der Waals surface area contributed by atoms with Gasteiger partial charge in [-0.05, 0) is 6.42 Å². The number of rotatable bonds is 3. The lowest BCUT2D eigenvalue weighted by Gasteiger charge is -2.32. The van der Waals surface area contributed by atoms with Crippen molar-refractivity contribution in [2.45, 2.75) is 19.4 Å². The molecule has 15 heavy (non-hydrogen) atoms. The zero-order valence-corrected chi connectivity index (χ0v) is 8.95. The molecule has 0 aromatic carbocycles. The van der Waals surface area contributed by atoms with Crippen LogP contribution in [0.15, 0.2) is 0 Å². The van der Waals surface area contributed by atoms with E-state index in [2.05, 4.69) is 5.32 Å². The molecule has 1 fully saturated rings. The molecule has 1 heterocycles. The highest BCUT2D eigenvalue weighted by Crippen LogP contribution is 2.04. The molecule has 2 amide bonds. The second kappa shape index (κ2) is 5.55. The van der Waals surface area contributed by atoms with Crippen LogP contribution >= 0.6 is 0 Å². The quantitative estimate of drug-likeness (QED) is 0.446. The molecule has 86 valence electrons. The molecule has 0 radical (unpaired) electrons. The van der Waals surface area contributed by atoms with E-state index in [9.17, 15) is 4.79 Å². The van der Waals surface area contributed by atoms with E-state index in [0.29, 0.717) is 26.2 Å². The van der Waals surface area contributed by atoms with Crippen molar-refractivity contribution in [1.29, 1.82) is 5.41 Å². The summed E-state index contributed by atoms with van der Waals surface area (Å²) >= 11 is 0. The number of ether oxygens (including phenoxy) is 1. The Hall–Kier alpha value is -1.30. The number of nitrogens with two attached hydrogens (primary N) is 1. The van der Waals surface area contributed by atoms with Gasteiger partial charge < -0.3 is 20.7 Å². The smallest absolute Gasteiger partial charge is 0.317 e. The van der Waals surface area contributed by atoms with Crippen molar-refractivity contribution in [2.24, 2.45) is 5.73 Å². The van der Waals surface area contributed by atoms with E-state index in [4.69, 9.17) is 15.9 Å². The fourth-order valence-electron chi connectivity index (χ4n) is 1.37. The predicted octanol–water partition coefficient (Wildman–Crippen LogP) is -0.257. The minimum atomic E-state index is -0.453. The lowest BCUT2D eigenvalue weighted by molar-refractivity contribution is 0.0210. The molecule has 0 aromatic heterocycles. The van der Waals surface area contributed by atoms with Gasteiger partial charge in [0.2, 0.25) is 0 Å². The molecular formula is C9H18N4O2. The number of amides is 2. The van der Waals surface area contributed by atoms with Crippen molar-refractivity contribution in [3.8, 4) is 0 Å². The molecule has 1 aliphatic rings. The molecule has 6 heteroatoms. The molecule has 1 rings (SSSR count). The molecule has 1 unspecified atom stereocenters. The van der Waals surface area contributed by atoms with Gasteiger partial charge >= 0.3 is 6.03 Å². The Morgan fingerprint density at radius 2 is 2.47 bits per heavy atom. The Bertz CT molecular complexity index is 244. The fourth-order valence-corrected chi connectivity index (χ4v) is 1.37. The van der Waals surface area contributed by atoms with Crippen molar-refractivity contribution < 1.29 is 9.53 Å². The van der Waals surface area contributed by atoms with E-state index in [0.717, 1.165) is 6.42 Å². The average Bonchev–Trinajstić information content (AvgIpc) is 2.26. The van der Waals surface area contributed by atoms with Gasteiger partial charge in [-0.2, -0.15) is 0 Å². The lowest BCUT2D eigenvalue weighted by Crippen LogP contribution is -2.53. The zero-order valence-electron chi connectivity index (χ0n) is 8.95. The Labute approximate surface area is 89.3 Å². The minimum absolute atomic E-state index is 0.0250. The molecule has 1 saturated heterocycles. The largest absolute Gasteiger partial charge is 0.385 e. The van der Waals surface area contributed by atoms with Gasteiger partial charge in [-0.3, -0.25) is 5.41 Å². The van der Waals surface area contributed by atoms with Gasteiger partial charge in [0.05, 0.1) is 13.2 Å². The first-order chi connectivity index (χ1) is 7.15. The summed E-state index contributed by atoms with van der Waals surface area (Å²) in [5, 5.41) is 10.0. The second-order valence-corrected chi connectivity index (χ2v) is 3.49. The van der Waals surface area contributed by atoms with E-state index in [1.54, 1.807) is 4.90 Å². The van der Waals surface area contributed by atoms with Gasteiger partial charge in [0, 0.05) is 13.1 Å². The molecule has 0 aromatic rings. The maximum absolute atomic E-state index is 11.6. The highest BCUT2D eigenvalue weighted by molar-refractivity contribution is 5.83. The number of urea groups is 1. The number of carbonyl (C=O) groups is 1. The molecule has 6 nitrogen and oxygen atoms in total. The predicted molar refractivity (Wildman–Crippen MR) is 56.9 cm³/mol. The van der Waals surface area contributed by atoms with Crippen LogP contribution in [0.5, 0.6) is 0 Å². The first-order valence-electron chi connectivity index (χ1n) is 5.13. The van der Waals surface area contributed by atoms with Crippen LogP contribution in [-0.2, 0) is 4.74 Å². The summed E-state index contributed by atoms with van der Waals surface area (Å²) in [4.78, 5) is 13.2. The zero-order chi connectivity index (χ0) is 11.3. The number of nitrogens with one attached hydrogen (secondary N) is 2. The summed E-state index contributed by atoms with van der Waals surface area (Å²) in [7, 11) is 0. The SMILES string of the molecule is CCCNC(=O)N1CCOC(C(=N)N)C1. The van der Waals surface area contributed by atoms with Crippen LogP contribution in [0.4, 0.5) is 4.79 Å². The lowest BCUT2D eigenvalue weighted by atomic mass is 10.2. The van der Waals surface area contributed by atoms with Gasteiger partial charge in [0.1, 0.15) is 11.9 Å². The van der Waals surface area contributed by atoms with Crippen LogP contribution < -0.4 is 11.1 Å². The van der Waals surface area contributed by atoms with Crippen molar-refractivity contribution in [2.75, 3.05) is 26.2 Å². The third kappa shape index (κ3) is 3.39. The Balaban J connectivity index is 2.41. The maximum atomic E-state index is 11.6. The molecule has 1 aliphatic heterocycles. The Morgan fingerprint density at radius 3 is 3.07 bits per heavy atom. The number of carbonyl (C=O) groups excluding carboxylic acids is 1. The van der Waals surface area contributed by atoms with E-state index < -0.39 is 6.10 Å². The summed E-state index contributed by atoms with van der Waals surface area (Å²) in [5.74, 6) is -0.0250. The first-order valence-corrected chi connectivity index (χ1v) is 5.13. The number of amidine groups is 1. The molecule has 0 spiro atoms. The van der Waals surface area contributed by atoms with Crippen LogP contribution in [0.25, 0.3) is 0 Å². The van der Waals surface area contributed by atoms with Crippen LogP contribution in [-0.4, -0.2) is 49.1 Å². The van der Waals surface area contributed by atoms with Gasteiger partial charge in [-0.25, -0.2) is 4.79 Å². The minimum Gasteiger partial charge on any atom is -0.385 e. The van der Waals surface area contributed by atoms with E-state index in [-0.39, 0.29) is 11.9 Å². The molecule has 0 saturated carbocycles. The number of morpholine rings is 1. The van der Waals surface area contributed by atoms with Crippen LogP contribution in [0.3, 0.4) is 0 Å². The first kappa shape index (κ1) is 11.8.